The molecular formula is C13H14N2O4. The number of benzene rings is 1. The minimum absolute atomic E-state index is 0.0265. The normalized spacial score (nSPS) is 12.3. The highest BCUT2D eigenvalue weighted by Gasteiger charge is 2.14. The van der Waals surface area contributed by atoms with E-state index in [4.69, 9.17) is 10.2 Å². The molecule has 1 unspecified atom stereocenters. The summed E-state index contributed by atoms with van der Waals surface area (Å²) in [5, 5.41) is 21.0. The fourth-order valence-corrected chi connectivity index (χ4v) is 1.74. The van der Waals surface area contributed by atoms with Crippen LogP contribution in [0.3, 0.4) is 0 Å². The molecule has 0 spiro atoms. The molecule has 1 aromatic heterocycles. The Morgan fingerprint density at radius 2 is 2.05 bits per heavy atom. The third kappa shape index (κ3) is 3.11. The predicted octanol–water partition coefficient (Wildman–Crippen LogP) is 0.733. The van der Waals surface area contributed by atoms with Crippen molar-refractivity contribution in [1.82, 2.24) is 10.3 Å². The average molecular weight is 262 g/mol. The molecule has 6 nitrogen and oxygen atoms in total. The molecule has 0 aliphatic heterocycles. The highest BCUT2D eigenvalue weighted by Crippen LogP contribution is 2.14. The Morgan fingerprint density at radius 3 is 2.74 bits per heavy atom. The van der Waals surface area contributed by atoms with Crippen molar-refractivity contribution in [1.29, 1.82) is 0 Å². The Balaban J connectivity index is 1.94. The second-order valence-electron chi connectivity index (χ2n) is 4.17. The number of carboxylic acids is 1. The number of carbonyl (C=O) groups excluding carboxylic acids is 1. The number of nitrogens with one attached hydrogen (secondary N) is 2. The van der Waals surface area contributed by atoms with Gasteiger partial charge >= 0.3 is 5.97 Å². The molecule has 0 radical (unpaired) electrons. The van der Waals surface area contributed by atoms with Crippen LogP contribution < -0.4 is 5.32 Å². The molecule has 0 saturated carbocycles. The van der Waals surface area contributed by atoms with Crippen LogP contribution in [0.15, 0.2) is 30.3 Å². The summed E-state index contributed by atoms with van der Waals surface area (Å²) in [6, 6.07) is 9.21. The van der Waals surface area contributed by atoms with Gasteiger partial charge in [-0.25, -0.2) is 4.79 Å². The largest absolute Gasteiger partial charge is 0.479 e. The number of fused-ring (bicyclic) bond motifs is 1. The van der Waals surface area contributed by atoms with Crippen LogP contribution in [0.2, 0.25) is 0 Å². The number of aromatic nitrogens is 1. The van der Waals surface area contributed by atoms with Crippen LogP contribution in [-0.4, -0.2) is 39.7 Å². The summed E-state index contributed by atoms with van der Waals surface area (Å²) in [7, 11) is 0. The van der Waals surface area contributed by atoms with E-state index in [1.54, 1.807) is 6.07 Å². The van der Waals surface area contributed by atoms with Crippen LogP contribution in [0, 0.1) is 0 Å². The Hall–Kier alpha value is -2.34. The molecule has 0 aliphatic carbocycles. The lowest BCUT2D eigenvalue weighted by molar-refractivity contribution is -0.146. The zero-order valence-electron chi connectivity index (χ0n) is 10.1. The Bertz CT molecular complexity index is 572. The zero-order chi connectivity index (χ0) is 13.8. The van der Waals surface area contributed by atoms with Crippen LogP contribution >= 0.6 is 0 Å². The molecule has 100 valence electrons. The van der Waals surface area contributed by atoms with E-state index in [1.807, 2.05) is 24.3 Å². The van der Waals surface area contributed by atoms with E-state index in [-0.39, 0.29) is 18.9 Å². The molecule has 19 heavy (non-hydrogen) atoms. The minimum Gasteiger partial charge on any atom is -0.479 e. The number of hydrogen-bond acceptors (Lipinski definition) is 3. The van der Waals surface area contributed by atoms with E-state index in [9.17, 15) is 9.59 Å². The number of para-hydroxylation sites is 1. The number of hydrogen-bond donors (Lipinski definition) is 4. The number of carbonyl (C=O) groups is 2. The van der Waals surface area contributed by atoms with E-state index >= 15 is 0 Å². The quantitative estimate of drug-likeness (QED) is 0.638. The molecule has 0 saturated heterocycles. The summed E-state index contributed by atoms with van der Waals surface area (Å²) in [6.45, 7) is 0.0989. The van der Waals surface area contributed by atoms with Gasteiger partial charge < -0.3 is 20.5 Å². The zero-order valence-corrected chi connectivity index (χ0v) is 10.1. The van der Waals surface area contributed by atoms with Gasteiger partial charge in [-0.15, -0.1) is 0 Å². The molecule has 1 amide bonds. The predicted molar refractivity (Wildman–Crippen MR) is 68.9 cm³/mol. The van der Waals surface area contributed by atoms with Crippen molar-refractivity contribution in [2.45, 2.75) is 12.5 Å². The highest BCUT2D eigenvalue weighted by atomic mass is 16.4. The first-order chi connectivity index (χ1) is 9.08. The molecule has 1 aromatic carbocycles. The molecule has 0 bridgehead atoms. The molecule has 4 N–H and O–H groups in total. The first-order valence-corrected chi connectivity index (χ1v) is 5.85. The van der Waals surface area contributed by atoms with Crippen LogP contribution in [-0.2, 0) is 4.79 Å². The fraction of sp³-hybridized carbons (Fsp3) is 0.231. The van der Waals surface area contributed by atoms with E-state index < -0.39 is 12.1 Å². The SMILES string of the molecule is O=C(NCCC(O)C(=O)O)c1cc2ccccc2[nH]1. The third-order valence-corrected chi connectivity index (χ3v) is 2.76. The van der Waals surface area contributed by atoms with Gasteiger partial charge in [-0.05, 0) is 12.1 Å². The van der Waals surface area contributed by atoms with Crippen LogP contribution in [0.5, 0.6) is 0 Å². The lowest BCUT2D eigenvalue weighted by Crippen LogP contribution is -2.30. The Kier molecular flexibility index (Phi) is 3.82. The van der Waals surface area contributed by atoms with Crippen molar-refractivity contribution >= 4 is 22.8 Å². The Labute approximate surface area is 109 Å². The number of aromatic amines is 1. The topological polar surface area (TPSA) is 102 Å². The van der Waals surface area contributed by atoms with E-state index in [2.05, 4.69) is 10.3 Å². The van der Waals surface area contributed by atoms with E-state index in [0.29, 0.717) is 5.69 Å². The summed E-state index contributed by atoms with van der Waals surface area (Å²) >= 11 is 0. The first kappa shape index (κ1) is 13.1. The smallest absolute Gasteiger partial charge is 0.332 e. The fourth-order valence-electron chi connectivity index (χ4n) is 1.74. The van der Waals surface area contributed by atoms with Crippen molar-refractivity contribution in [3.63, 3.8) is 0 Å². The van der Waals surface area contributed by atoms with E-state index in [1.165, 1.54) is 0 Å². The summed E-state index contributed by atoms with van der Waals surface area (Å²) in [6.07, 6.45) is -1.48. The van der Waals surface area contributed by atoms with Crippen molar-refractivity contribution in [3.05, 3.63) is 36.0 Å². The summed E-state index contributed by atoms with van der Waals surface area (Å²) < 4.78 is 0. The minimum atomic E-state index is -1.46. The molecule has 0 fully saturated rings. The number of amides is 1. The van der Waals surface area contributed by atoms with Crippen LogP contribution in [0.1, 0.15) is 16.9 Å². The molecular weight excluding hydrogens is 248 g/mol. The number of carboxylic acid groups (broad SMARTS) is 1. The monoisotopic (exact) mass is 262 g/mol. The number of H-pyrrole nitrogens is 1. The van der Waals surface area contributed by atoms with Gasteiger partial charge in [-0.2, -0.15) is 0 Å². The van der Waals surface area contributed by atoms with Gasteiger partial charge in [0.25, 0.3) is 5.91 Å². The highest BCUT2D eigenvalue weighted by molar-refractivity contribution is 5.97. The lowest BCUT2D eigenvalue weighted by atomic mass is 10.2. The van der Waals surface area contributed by atoms with E-state index in [0.717, 1.165) is 10.9 Å². The second kappa shape index (κ2) is 5.53. The second-order valence-corrected chi connectivity index (χ2v) is 4.17. The maximum absolute atomic E-state index is 11.8. The number of aliphatic hydroxyl groups excluding tert-OH is 1. The van der Waals surface area contributed by atoms with Gasteiger partial charge in [0, 0.05) is 23.9 Å². The van der Waals surface area contributed by atoms with Gasteiger partial charge in [-0.1, -0.05) is 18.2 Å². The number of aliphatic hydroxyl groups is 1. The number of rotatable bonds is 5. The Morgan fingerprint density at radius 1 is 1.32 bits per heavy atom. The summed E-state index contributed by atoms with van der Waals surface area (Å²) in [4.78, 5) is 25.2. The lowest BCUT2D eigenvalue weighted by Gasteiger charge is -2.06. The maximum atomic E-state index is 11.8. The molecule has 1 atom stereocenters. The molecule has 2 aromatic rings. The molecule has 1 heterocycles. The average Bonchev–Trinajstić information content (AvgIpc) is 2.82. The van der Waals surface area contributed by atoms with Crippen molar-refractivity contribution in [2.24, 2.45) is 0 Å². The van der Waals surface area contributed by atoms with Crippen LogP contribution in [0.4, 0.5) is 0 Å². The van der Waals surface area contributed by atoms with Gasteiger partial charge in [0.15, 0.2) is 6.10 Å². The maximum Gasteiger partial charge on any atom is 0.332 e. The molecule has 2 rings (SSSR count). The van der Waals surface area contributed by atoms with Crippen LogP contribution in [0.25, 0.3) is 10.9 Å². The standard InChI is InChI=1S/C13H14N2O4/c16-11(13(18)19)5-6-14-12(17)10-7-8-3-1-2-4-9(8)15-10/h1-4,7,11,15-16H,5-6H2,(H,14,17)(H,18,19). The van der Waals surface area contributed by atoms with Crippen molar-refractivity contribution in [2.75, 3.05) is 6.54 Å². The van der Waals surface area contributed by atoms with Crippen molar-refractivity contribution < 1.29 is 19.8 Å². The third-order valence-electron chi connectivity index (χ3n) is 2.76. The molecule has 6 heteroatoms. The van der Waals surface area contributed by atoms with Gasteiger partial charge in [0.1, 0.15) is 5.69 Å². The number of aliphatic carboxylic acids is 1. The van der Waals surface area contributed by atoms with Crippen molar-refractivity contribution in [3.8, 4) is 0 Å². The summed E-state index contributed by atoms with van der Waals surface area (Å²) in [5.74, 6) is -1.62. The van der Waals surface area contributed by atoms with Gasteiger partial charge in [0.05, 0.1) is 0 Å². The molecule has 0 aliphatic rings. The summed E-state index contributed by atoms with van der Waals surface area (Å²) in [5.41, 5.74) is 1.27. The van der Waals surface area contributed by atoms with Gasteiger partial charge in [0.2, 0.25) is 0 Å². The van der Waals surface area contributed by atoms with Gasteiger partial charge in [-0.3, -0.25) is 4.79 Å². The first-order valence-electron chi connectivity index (χ1n) is 5.85.